The summed E-state index contributed by atoms with van der Waals surface area (Å²) in [6.07, 6.45) is 3.51. The van der Waals surface area contributed by atoms with E-state index in [1.54, 1.807) is 23.0 Å². The molecule has 0 saturated carbocycles. The van der Waals surface area contributed by atoms with Gasteiger partial charge >= 0.3 is 0 Å². The molecule has 1 aliphatic rings. The number of hydrogen-bond acceptors (Lipinski definition) is 5. The zero-order valence-corrected chi connectivity index (χ0v) is 13.9. The Labute approximate surface area is 145 Å². The fourth-order valence-electron chi connectivity index (χ4n) is 2.86. The van der Waals surface area contributed by atoms with Crippen LogP contribution >= 0.6 is 0 Å². The number of rotatable bonds is 0. The molecule has 1 atom stereocenters. The lowest BCUT2D eigenvalue weighted by molar-refractivity contribution is 0.0934. The molecule has 4 rings (SSSR count). The number of hydrogen-bond donors (Lipinski definition) is 2. The van der Waals surface area contributed by atoms with Gasteiger partial charge in [0, 0.05) is 30.9 Å². The van der Waals surface area contributed by atoms with E-state index < -0.39 is 0 Å². The van der Waals surface area contributed by atoms with Gasteiger partial charge in [-0.3, -0.25) is 4.79 Å². The Hall–Kier alpha value is -2.93. The SMILES string of the molecule is CC1CNCCOc2cccc(c2)-c2cnn3ccc(nc23)C(=O)N1. The summed E-state index contributed by atoms with van der Waals surface area (Å²) in [6, 6.07) is 9.49. The van der Waals surface area contributed by atoms with E-state index in [0.29, 0.717) is 31.0 Å². The van der Waals surface area contributed by atoms with Crippen molar-refractivity contribution in [2.24, 2.45) is 0 Å². The van der Waals surface area contributed by atoms with Crippen molar-refractivity contribution in [3.63, 3.8) is 0 Å². The number of nitrogens with one attached hydrogen (secondary N) is 2. The highest BCUT2D eigenvalue weighted by atomic mass is 16.5. The minimum absolute atomic E-state index is 0.0129. The third kappa shape index (κ3) is 3.18. The smallest absolute Gasteiger partial charge is 0.270 e. The van der Waals surface area contributed by atoms with Crippen LogP contribution in [0.1, 0.15) is 17.4 Å². The summed E-state index contributed by atoms with van der Waals surface area (Å²) < 4.78 is 7.48. The number of ether oxygens (including phenoxy) is 1. The highest BCUT2D eigenvalue weighted by Crippen LogP contribution is 2.26. The van der Waals surface area contributed by atoms with Crippen LogP contribution in [-0.4, -0.2) is 46.2 Å². The third-order valence-corrected chi connectivity index (χ3v) is 4.12. The second kappa shape index (κ2) is 6.52. The van der Waals surface area contributed by atoms with Gasteiger partial charge in [0.15, 0.2) is 5.65 Å². The van der Waals surface area contributed by atoms with Gasteiger partial charge in [-0.05, 0) is 30.7 Å². The van der Waals surface area contributed by atoms with Crippen LogP contribution in [0.3, 0.4) is 0 Å². The van der Waals surface area contributed by atoms with Crippen molar-refractivity contribution in [1.82, 2.24) is 25.2 Å². The van der Waals surface area contributed by atoms with Gasteiger partial charge in [0.2, 0.25) is 0 Å². The van der Waals surface area contributed by atoms with Gasteiger partial charge in [0.25, 0.3) is 5.91 Å². The van der Waals surface area contributed by atoms with Gasteiger partial charge in [-0.25, -0.2) is 9.50 Å². The third-order valence-electron chi connectivity index (χ3n) is 4.12. The van der Waals surface area contributed by atoms with E-state index in [1.807, 2.05) is 31.2 Å². The average molecular weight is 337 g/mol. The molecule has 25 heavy (non-hydrogen) atoms. The molecule has 1 amide bonds. The highest BCUT2D eigenvalue weighted by molar-refractivity contribution is 5.93. The molecule has 0 saturated heterocycles. The number of amides is 1. The first-order valence-corrected chi connectivity index (χ1v) is 8.30. The van der Waals surface area contributed by atoms with E-state index in [-0.39, 0.29) is 11.9 Å². The summed E-state index contributed by atoms with van der Waals surface area (Å²) in [6.45, 7) is 3.87. The lowest BCUT2D eigenvalue weighted by Gasteiger charge is -2.14. The summed E-state index contributed by atoms with van der Waals surface area (Å²) in [5.74, 6) is 0.607. The first kappa shape index (κ1) is 15.6. The van der Waals surface area contributed by atoms with E-state index in [1.165, 1.54) is 0 Å². The van der Waals surface area contributed by atoms with Gasteiger partial charge < -0.3 is 15.4 Å². The van der Waals surface area contributed by atoms with Crippen LogP contribution < -0.4 is 15.4 Å². The lowest BCUT2D eigenvalue weighted by atomic mass is 10.1. The molecule has 0 aliphatic carbocycles. The van der Waals surface area contributed by atoms with Crippen molar-refractivity contribution in [2.45, 2.75) is 13.0 Å². The Kier molecular flexibility index (Phi) is 4.07. The molecule has 2 N–H and O–H groups in total. The van der Waals surface area contributed by atoms with E-state index in [9.17, 15) is 4.79 Å². The number of fused-ring (bicyclic) bond motifs is 4. The van der Waals surface area contributed by atoms with E-state index >= 15 is 0 Å². The Morgan fingerprint density at radius 3 is 3.16 bits per heavy atom. The minimum atomic E-state index is -0.191. The summed E-state index contributed by atoms with van der Waals surface area (Å²) >= 11 is 0. The maximum Gasteiger partial charge on any atom is 0.270 e. The number of carbonyl (C=O) groups excluding carboxylic acids is 1. The molecule has 3 aromatic rings. The maximum absolute atomic E-state index is 12.5. The highest BCUT2D eigenvalue weighted by Gasteiger charge is 2.15. The minimum Gasteiger partial charge on any atom is -0.492 e. The molecule has 2 aromatic heterocycles. The van der Waals surface area contributed by atoms with Gasteiger partial charge in [0.1, 0.15) is 18.1 Å². The normalized spacial score (nSPS) is 18.3. The topological polar surface area (TPSA) is 80.6 Å². The van der Waals surface area contributed by atoms with Crippen LogP contribution in [-0.2, 0) is 0 Å². The number of benzene rings is 1. The summed E-state index contributed by atoms with van der Waals surface area (Å²) in [7, 11) is 0. The fraction of sp³-hybridized carbons (Fsp3) is 0.278. The Bertz CT molecular complexity index is 921. The van der Waals surface area contributed by atoms with Crippen LogP contribution in [0.2, 0.25) is 0 Å². The van der Waals surface area contributed by atoms with Gasteiger partial charge in [-0.1, -0.05) is 12.1 Å². The molecule has 0 fully saturated rings. The summed E-state index contributed by atoms with van der Waals surface area (Å²) in [5.41, 5.74) is 2.84. The Morgan fingerprint density at radius 2 is 2.24 bits per heavy atom. The van der Waals surface area contributed by atoms with Gasteiger partial charge in [0.05, 0.1) is 6.20 Å². The molecule has 7 heteroatoms. The maximum atomic E-state index is 12.5. The molecule has 128 valence electrons. The summed E-state index contributed by atoms with van der Waals surface area (Å²) in [5, 5.41) is 10.6. The second-order valence-corrected chi connectivity index (χ2v) is 6.09. The number of aromatic nitrogens is 3. The fourth-order valence-corrected chi connectivity index (χ4v) is 2.86. The van der Waals surface area contributed by atoms with Crippen molar-refractivity contribution in [3.8, 4) is 16.9 Å². The van der Waals surface area contributed by atoms with E-state index in [0.717, 1.165) is 16.9 Å². The molecule has 1 aromatic carbocycles. The first-order chi connectivity index (χ1) is 12.2. The van der Waals surface area contributed by atoms with Crippen LogP contribution in [0.25, 0.3) is 16.8 Å². The predicted octanol–water partition coefficient (Wildman–Crippen LogP) is 1.50. The molecule has 3 heterocycles. The molecule has 0 spiro atoms. The zero-order valence-electron chi connectivity index (χ0n) is 13.9. The quantitative estimate of drug-likeness (QED) is 0.650. The average Bonchev–Trinajstić information content (AvgIpc) is 3.04. The van der Waals surface area contributed by atoms with Crippen molar-refractivity contribution in [2.75, 3.05) is 19.7 Å². The monoisotopic (exact) mass is 337 g/mol. The summed E-state index contributed by atoms with van der Waals surface area (Å²) in [4.78, 5) is 17.0. The van der Waals surface area contributed by atoms with Crippen LogP contribution in [0.4, 0.5) is 0 Å². The second-order valence-electron chi connectivity index (χ2n) is 6.09. The van der Waals surface area contributed by atoms with Gasteiger partial charge in [-0.15, -0.1) is 0 Å². The standard InChI is InChI=1S/C18H19N5O2/c1-12-10-19-6-8-25-14-4-2-3-13(9-14)15-11-20-23-7-5-16(18(24)21-12)22-17(15)23/h2-5,7,9,11-12,19H,6,8,10H2,1H3,(H,21,24). The van der Waals surface area contributed by atoms with Crippen LogP contribution in [0.5, 0.6) is 5.75 Å². The van der Waals surface area contributed by atoms with Crippen molar-refractivity contribution in [3.05, 3.63) is 48.4 Å². The van der Waals surface area contributed by atoms with Crippen LogP contribution in [0, 0.1) is 0 Å². The molecule has 4 bridgehead atoms. The molecule has 0 radical (unpaired) electrons. The van der Waals surface area contributed by atoms with E-state index in [2.05, 4.69) is 20.7 Å². The molecule has 1 aliphatic heterocycles. The Balaban J connectivity index is 1.82. The van der Waals surface area contributed by atoms with Crippen LogP contribution in [0.15, 0.2) is 42.7 Å². The molecular formula is C18H19N5O2. The van der Waals surface area contributed by atoms with Gasteiger partial charge in [-0.2, -0.15) is 5.10 Å². The molecular weight excluding hydrogens is 318 g/mol. The Morgan fingerprint density at radius 1 is 1.32 bits per heavy atom. The van der Waals surface area contributed by atoms with Crippen molar-refractivity contribution in [1.29, 1.82) is 0 Å². The zero-order chi connectivity index (χ0) is 17.2. The molecule has 1 unspecified atom stereocenters. The largest absolute Gasteiger partial charge is 0.492 e. The van der Waals surface area contributed by atoms with Crippen molar-refractivity contribution < 1.29 is 9.53 Å². The van der Waals surface area contributed by atoms with E-state index in [4.69, 9.17) is 4.74 Å². The molecule has 7 nitrogen and oxygen atoms in total. The lowest BCUT2D eigenvalue weighted by Crippen LogP contribution is -2.41. The predicted molar refractivity (Wildman–Crippen MR) is 93.7 cm³/mol. The first-order valence-electron chi connectivity index (χ1n) is 8.30. The van der Waals surface area contributed by atoms with Crippen molar-refractivity contribution >= 4 is 11.6 Å². The number of nitrogens with zero attached hydrogens (tertiary/aromatic N) is 3. The number of carbonyl (C=O) groups is 1.